The van der Waals surface area contributed by atoms with Crippen LogP contribution >= 0.6 is 0 Å². The van der Waals surface area contributed by atoms with Gasteiger partial charge in [-0.2, -0.15) is 0 Å². The van der Waals surface area contributed by atoms with E-state index in [1.807, 2.05) is 0 Å². The third-order valence-corrected chi connectivity index (χ3v) is 5.26. The van der Waals surface area contributed by atoms with Crippen molar-refractivity contribution in [3.05, 3.63) is 34.9 Å². The number of piperazine rings is 1. The van der Waals surface area contributed by atoms with Gasteiger partial charge in [-0.05, 0) is 49.3 Å². The molecule has 1 aromatic carbocycles. The predicted molar refractivity (Wildman–Crippen MR) is 85.1 cm³/mol. The van der Waals surface area contributed by atoms with Gasteiger partial charge >= 0.3 is 0 Å². The summed E-state index contributed by atoms with van der Waals surface area (Å²) in [5, 5.41) is 3.49. The molecule has 1 aromatic rings. The van der Waals surface area contributed by atoms with Crippen LogP contribution in [0.1, 0.15) is 48.4 Å². The average molecular weight is 272 g/mol. The van der Waals surface area contributed by atoms with Crippen LogP contribution in [0.15, 0.2) is 18.2 Å². The molecule has 1 atom stereocenters. The van der Waals surface area contributed by atoms with Gasteiger partial charge in [0.1, 0.15) is 0 Å². The van der Waals surface area contributed by atoms with E-state index in [-0.39, 0.29) is 0 Å². The molecule has 2 fully saturated rings. The highest BCUT2D eigenvalue weighted by Crippen LogP contribution is 2.40. The zero-order valence-electron chi connectivity index (χ0n) is 13.0. The van der Waals surface area contributed by atoms with Crippen molar-refractivity contribution < 1.29 is 0 Å². The standard InChI is InChI=1S/C18H28N2/c1-14-7-8-17(13-15(14)2)18(16-5-3-4-6-16)20-11-9-19-10-12-20/h7-8,13,16,18-19H,3-6,9-12H2,1-2H3. The highest BCUT2D eigenvalue weighted by atomic mass is 15.2. The van der Waals surface area contributed by atoms with Crippen LogP contribution in [-0.4, -0.2) is 31.1 Å². The molecule has 0 amide bonds. The molecular formula is C18H28N2. The summed E-state index contributed by atoms with van der Waals surface area (Å²) in [5.74, 6) is 0.871. The summed E-state index contributed by atoms with van der Waals surface area (Å²) in [6.45, 7) is 9.17. The number of hydrogen-bond donors (Lipinski definition) is 1. The highest BCUT2D eigenvalue weighted by molar-refractivity contribution is 5.32. The van der Waals surface area contributed by atoms with Gasteiger partial charge in [0, 0.05) is 32.2 Å². The van der Waals surface area contributed by atoms with Gasteiger partial charge in [-0.3, -0.25) is 4.90 Å². The largest absolute Gasteiger partial charge is 0.314 e. The third-order valence-electron chi connectivity index (χ3n) is 5.26. The number of nitrogens with one attached hydrogen (secondary N) is 1. The number of aryl methyl sites for hydroxylation is 2. The van der Waals surface area contributed by atoms with Crippen LogP contribution in [0.3, 0.4) is 0 Å². The molecule has 0 radical (unpaired) electrons. The van der Waals surface area contributed by atoms with Crippen LogP contribution in [0.25, 0.3) is 0 Å². The van der Waals surface area contributed by atoms with E-state index in [0.29, 0.717) is 6.04 Å². The highest BCUT2D eigenvalue weighted by Gasteiger charge is 2.31. The van der Waals surface area contributed by atoms with Crippen molar-refractivity contribution in [3.63, 3.8) is 0 Å². The first kappa shape index (κ1) is 14.1. The molecule has 1 unspecified atom stereocenters. The number of benzene rings is 1. The van der Waals surface area contributed by atoms with Crippen LogP contribution in [0, 0.1) is 19.8 Å². The number of nitrogens with zero attached hydrogens (tertiary/aromatic N) is 1. The second-order valence-electron chi connectivity index (χ2n) is 6.62. The first-order valence-electron chi connectivity index (χ1n) is 8.27. The van der Waals surface area contributed by atoms with Gasteiger partial charge in [-0.15, -0.1) is 0 Å². The molecular weight excluding hydrogens is 244 g/mol. The molecule has 3 rings (SSSR count). The Morgan fingerprint density at radius 1 is 1.05 bits per heavy atom. The Kier molecular flexibility index (Phi) is 4.42. The summed E-state index contributed by atoms with van der Waals surface area (Å²) in [4.78, 5) is 2.73. The summed E-state index contributed by atoms with van der Waals surface area (Å²) < 4.78 is 0. The van der Waals surface area contributed by atoms with E-state index >= 15 is 0 Å². The molecule has 2 nitrogen and oxygen atoms in total. The fraction of sp³-hybridized carbons (Fsp3) is 0.667. The molecule has 1 heterocycles. The van der Waals surface area contributed by atoms with E-state index < -0.39 is 0 Å². The van der Waals surface area contributed by atoms with Gasteiger partial charge < -0.3 is 5.32 Å². The van der Waals surface area contributed by atoms with Gasteiger partial charge in [0.05, 0.1) is 0 Å². The molecule has 0 bridgehead atoms. The van der Waals surface area contributed by atoms with Crippen molar-refractivity contribution in [3.8, 4) is 0 Å². The minimum Gasteiger partial charge on any atom is -0.314 e. The van der Waals surface area contributed by atoms with Gasteiger partial charge in [-0.25, -0.2) is 0 Å². The summed E-state index contributed by atoms with van der Waals surface area (Å²) in [5.41, 5.74) is 4.42. The molecule has 1 N–H and O–H groups in total. The third kappa shape index (κ3) is 2.91. The second kappa shape index (κ2) is 6.28. The van der Waals surface area contributed by atoms with Crippen molar-refractivity contribution in [1.82, 2.24) is 10.2 Å². The molecule has 2 heteroatoms. The zero-order chi connectivity index (χ0) is 13.9. The Bertz CT molecular complexity index is 443. The monoisotopic (exact) mass is 272 g/mol. The first-order chi connectivity index (χ1) is 9.75. The molecule has 20 heavy (non-hydrogen) atoms. The Hall–Kier alpha value is -0.860. The van der Waals surface area contributed by atoms with E-state index in [4.69, 9.17) is 0 Å². The van der Waals surface area contributed by atoms with Gasteiger partial charge in [0.2, 0.25) is 0 Å². The van der Waals surface area contributed by atoms with E-state index in [2.05, 4.69) is 42.3 Å². The second-order valence-corrected chi connectivity index (χ2v) is 6.62. The number of rotatable bonds is 3. The van der Waals surface area contributed by atoms with E-state index in [0.717, 1.165) is 19.0 Å². The molecule has 110 valence electrons. The Morgan fingerprint density at radius 2 is 1.75 bits per heavy atom. The zero-order valence-corrected chi connectivity index (χ0v) is 13.0. The fourth-order valence-corrected chi connectivity index (χ4v) is 3.96. The molecule has 0 aromatic heterocycles. The van der Waals surface area contributed by atoms with E-state index in [1.54, 1.807) is 5.56 Å². The minimum atomic E-state index is 0.652. The van der Waals surface area contributed by atoms with Crippen LogP contribution in [-0.2, 0) is 0 Å². The molecule has 1 aliphatic carbocycles. The Morgan fingerprint density at radius 3 is 2.40 bits per heavy atom. The van der Waals surface area contributed by atoms with Crippen molar-refractivity contribution in [2.24, 2.45) is 5.92 Å². The van der Waals surface area contributed by atoms with E-state index in [1.165, 1.54) is 49.9 Å². The SMILES string of the molecule is Cc1ccc(C(C2CCCC2)N2CCNCC2)cc1C. The maximum absolute atomic E-state index is 3.49. The van der Waals surface area contributed by atoms with Crippen LogP contribution in [0.2, 0.25) is 0 Å². The lowest BCUT2D eigenvalue weighted by atomic mass is 9.88. The maximum Gasteiger partial charge on any atom is 0.0377 e. The summed E-state index contributed by atoms with van der Waals surface area (Å²) in [7, 11) is 0. The quantitative estimate of drug-likeness (QED) is 0.907. The van der Waals surface area contributed by atoms with Gasteiger partial charge in [0.25, 0.3) is 0 Å². The lowest BCUT2D eigenvalue weighted by Crippen LogP contribution is -2.46. The van der Waals surface area contributed by atoms with Gasteiger partial charge in [-0.1, -0.05) is 31.0 Å². The summed E-state index contributed by atoms with van der Waals surface area (Å²) in [6, 6.07) is 7.79. The van der Waals surface area contributed by atoms with Gasteiger partial charge in [0.15, 0.2) is 0 Å². The number of hydrogen-bond acceptors (Lipinski definition) is 2. The lowest BCUT2D eigenvalue weighted by molar-refractivity contribution is 0.125. The lowest BCUT2D eigenvalue weighted by Gasteiger charge is -2.39. The molecule has 1 aliphatic heterocycles. The summed E-state index contributed by atoms with van der Waals surface area (Å²) >= 11 is 0. The van der Waals surface area contributed by atoms with Crippen LogP contribution in [0.4, 0.5) is 0 Å². The predicted octanol–water partition coefficient (Wildman–Crippen LogP) is 3.44. The van der Waals surface area contributed by atoms with Crippen LogP contribution in [0.5, 0.6) is 0 Å². The molecule has 0 spiro atoms. The minimum absolute atomic E-state index is 0.652. The smallest absolute Gasteiger partial charge is 0.0377 e. The average Bonchev–Trinajstić information content (AvgIpc) is 2.98. The van der Waals surface area contributed by atoms with Crippen molar-refractivity contribution in [1.29, 1.82) is 0 Å². The maximum atomic E-state index is 3.49. The summed E-state index contributed by atoms with van der Waals surface area (Å²) in [6.07, 6.45) is 5.69. The normalized spacial score (nSPS) is 23.1. The molecule has 1 saturated carbocycles. The fourth-order valence-electron chi connectivity index (χ4n) is 3.96. The first-order valence-corrected chi connectivity index (χ1v) is 8.27. The Labute approximate surface area is 123 Å². The van der Waals surface area contributed by atoms with Crippen molar-refractivity contribution >= 4 is 0 Å². The van der Waals surface area contributed by atoms with Crippen molar-refractivity contribution in [2.75, 3.05) is 26.2 Å². The van der Waals surface area contributed by atoms with Crippen LogP contribution < -0.4 is 5.32 Å². The van der Waals surface area contributed by atoms with Crippen molar-refractivity contribution in [2.45, 2.75) is 45.6 Å². The van der Waals surface area contributed by atoms with E-state index in [9.17, 15) is 0 Å². The topological polar surface area (TPSA) is 15.3 Å². The Balaban J connectivity index is 1.88. The molecule has 1 saturated heterocycles. The molecule has 2 aliphatic rings.